The fourth-order valence-electron chi connectivity index (χ4n) is 2.69. The van der Waals surface area contributed by atoms with Crippen molar-refractivity contribution in [3.05, 3.63) is 52.7 Å². The van der Waals surface area contributed by atoms with Crippen LogP contribution in [-0.4, -0.2) is 25.0 Å². The maximum absolute atomic E-state index is 12.4. The lowest BCUT2D eigenvalue weighted by molar-refractivity contribution is -0.115. The molecule has 0 spiro atoms. The van der Waals surface area contributed by atoms with E-state index in [1.54, 1.807) is 11.3 Å². The Bertz CT molecular complexity index is 882. The molecule has 25 heavy (non-hydrogen) atoms. The van der Waals surface area contributed by atoms with Gasteiger partial charge in [0, 0.05) is 25.5 Å². The van der Waals surface area contributed by atoms with E-state index in [-0.39, 0.29) is 12.3 Å². The summed E-state index contributed by atoms with van der Waals surface area (Å²) in [7, 11) is 4.00. The van der Waals surface area contributed by atoms with Gasteiger partial charge in [0.1, 0.15) is 5.76 Å². The van der Waals surface area contributed by atoms with Crippen molar-refractivity contribution in [1.82, 2.24) is 4.98 Å². The van der Waals surface area contributed by atoms with Crippen molar-refractivity contribution in [2.24, 2.45) is 0 Å². The molecule has 0 aliphatic heterocycles. The standard InChI is InChI=1S/C19H21N3O2S/c1-12-10-14(7-8-16(12)22(3)4)20-18(23)11-15-13(2)24-19(21-15)17-6-5-9-25-17/h5-10H,11H2,1-4H3,(H,20,23). The molecule has 0 saturated carbocycles. The number of anilines is 2. The van der Waals surface area contributed by atoms with Gasteiger partial charge in [-0.25, -0.2) is 4.98 Å². The zero-order valence-corrected chi connectivity index (χ0v) is 15.6. The number of carbonyl (C=O) groups excluding carboxylic acids is 1. The molecule has 130 valence electrons. The van der Waals surface area contributed by atoms with Crippen molar-refractivity contribution in [3.63, 3.8) is 0 Å². The summed E-state index contributed by atoms with van der Waals surface area (Å²) in [6.45, 7) is 3.86. The van der Waals surface area contributed by atoms with Crippen molar-refractivity contribution >= 4 is 28.6 Å². The van der Waals surface area contributed by atoms with Gasteiger partial charge < -0.3 is 14.6 Å². The zero-order chi connectivity index (χ0) is 18.0. The highest BCUT2D eigenvalue weighted by molar-refractivity contribution is 7.13. The van der Waals surface area contributed by atoms with Gasteiger partial charge in [-0.3, -0.25) is 4.79 Å². The maximum Gasteiger partial charge on any atom is 0.236 e. The Hall–Kier alpha value is -2.60. The van der Waals surface area contributed by atoms with E-state index >= 15 is 0 Å². The van der Waals surface area contributed by atoms with Gasteiger partial charge in [0.2, 0.25) is 11.8 Å². The summed E-state index contributed by atoms with van der Waals surface area (Å²) >= 11 is 1.56. The molecule has 1 amide bonds. The SMILES string of the molecule is Cc1cc(NC(=O)Cc2nc(-c3cccs3)oc2C)ccc1N(C)C. The van der Waals surface area contributed by atoms with E-state index in [2.05, 4.69) is 10.3 Å². The number of nitrogens with zero attached hydrogens (tertiary/aromatic N) is 2. The largest absolute Gasteiger partial charge is 0.440 e. The normalized spacial score (nSPS) is 10.7. The fourth-order valence-corrected chi connectivity index (χ4v) is 3.34. The molecule has 3 rings (SSSR count). The van der Waals surface area contributed by atoms with E-state index in [0.29, 0.717) is 17.3 Å². The Morgan fingerprint density at radius 3 is 2.72 bits per heavy atom. The van der Waals surface area contributed by atoms with Gasteiger partial charge in [-0.1, -0.05) is 6.07 Å². The van der Waals surface area contributed by atoms with Crippen LogP contribution in [0.15, 0.2) is 40.1 Å². The Balaban J connectivity index is 1.70. The molecule has 5 nitrogen and oxygen atoms in total. The summed E-state index contributed by atoms with van der Waals surface area (Å²) in [5.74, 6) is 1.14. The van der Waals surface area contributed by atoms with Crippen LogP contribution in [0.5, 0.6) is 0 Å². The molecular formula is C19H21N3O2S. The van der Waals surface area contributed by atoms with Crippen LogP contribution in [-0.2, 0) is 11.2 Å². The molecule has 6 heteroatoms. The molecule has 3 aromatic rings. The van der Waals surface area contributed by atoms with Crippen LogP contribution >= 0.6 is 11.3 Å². The molecule has 0 bridgehead atoms. The van der Waals surface area contributed by atoms with Gasteiger partial charge in [0.15, 0.2) is 0 Å². The van der Waals surface area contributed by atoms with Gasteiger partial charge in [-0.2, -0.15) is 0 Å². The number of oxazole rings is 1. The molecule has 2 heterocycles. The average molecular weight is 355 g/mol. The van der Waals surface area contributed by atoms with E-state index in [1.165, 1.54) is 0 Å². The van der Waals surface area contributed by atoms with Crippen LogP contribution in [0.2, 0.25) is 0 Å². The predicted octanol–water partition coefficient (Wildman–Crippen LogP) is 4.27. The third-order valence-corrected chi connectivity index (χ3v) is 4.77. The number of hydrogen-bond acceptors (Lipinski definition) is 5. The fraction of sp³-hybridized carbons (Fsp3) is 0.263. The molecule has 0 fully saturated rings. The Labute approximate surface area is 151 Å². The van der Waals surface area contributed by atoms with E-state index in [4.69, 9.17) is 4.42 Å². The minimum Gasteiger partial charge on any atom is -0.440 e. The minimum atomic E-state index is -0.105. The predicted molar refractivity (Wildman–Crippen MR) is 102 cm³/mol. The Morgan fingerprint density at radius 1 is 1.28 bits per heavy atom. The summed E-state index contributed by atoms with van der Waals surface area (Å²) in [6, 6.07) is 9.79. The summed E-state index contributed by atoms with van der Waals surface area (Å²) in [5, 5.41) is 4.91. The number of amides is 1. The first-order chi connectivity index (χ1) is 11.9. The molecule has 0 aliphatic carbocycles. The smallest absolute Gasteiger partial charge is 0.236 e. The summed E-state index contributed by atoms with van der Waals surface area (Å²) in [6.07, 6.45) is 0.190. The monoisotopic (exact) mass is 355 g/mol. The van der Waals surface area contributed by atoms with E-state index in [9.17, 15) is 4.79 Å². The van der Waals surface area contributed by atoms with E-state index in [0.717, 1.165) is 21.8 Å². The van der Waals surface area contributed by atoms with Gasteiger partial charge in [0.05, 0.1) is 17.0 Å². The molecule has 0 aliphatic rings. The van der Waals surface area contributed by atoms with Crippen molar-refractivity contribution in [2.45, 2.75) is 20.3 Å². The second-order valence-electron chi connectivity index (χ2n) is 6.12. The highest BCUT2D eigenvalue weighted by Gasteiger charge is 2.15. The van der Waals surface area contributed by atoms with Gasteiger partial charge in [0.25, 0.3) is 0 Å². The first-order valence-electron chi connectivity index (χ1n) is 8.02. The number of nitrogens with one attached hydrogen (secondary N) is 1. The van der Waals surface area contributed by atoms with Gasteiger partial charge in [-0.15, -0.1) is 11.3 Å². The van der Waals surface area contributed by atoms with Crippen LogP contribution in [0, 0.1) is 13.8 Å². The first kappa shape index (κ1) is 17.2. The lowest BCUT2D eigenvalue weighted by atomic mass is 10.1. The number of benzene rings is 1. The summed E-state index contributed by atoms with van der Waals surface area (Å²) in [4.78, 5) is 19.8. The highest BCUT2D eigenvalue weighted by Crippen LogP contribution is 2.26. The average Bonchev–Trinajstić information content (AvgIpc) is 3.17. The van der Waals surface area contributed by atoms with Crippen molar-refractivity contribution in [3.8, 4) is 10.8 Å². The number of hydrogen-bond donors (Lipinski definition) is 1. The minimum absolute atomic E-state index is 0.105. The Kier molecular flexibility index (Phi) is 4.90. The van der Waals surface area contributed by atoms with Crippen LogP contribution in [0.3, 0.4) is 0 Å². The van der Waals surface area contributed by atoms with E-state index < -0.39 is 0 Å². The molecule has 0 atom stereocenters. The number of carbonyl (C=O) groups is 1. The molecule has 0 saturated heterocycles. The van der Waals surface area contributed by atoms with Crippen molar-refractivity contribution < 1.29 is 9.21 Å². The molecule has 0 radical (unpaired) electrons. The van der Waals surface area contributed by atoms with Crippen LogP contribution < -0.4 is 10.2 Å². The number of rotatable bonds is 5. The topological polar surface area (TPSA) is 58.4 Å². The van der Waals surface area contributed by atoms with Crippen molar-refractivity contribution in [1.29, 1.82) is 0 Å². The lowest BCUT2D eigenvalue weighted by Crippen LogP contribution is -2.16. The quantitative estimate of drug-likeness (QED) is 0.743. The second kappa shape index (κ2) is 7.11. The van der Waals surface area contributed by atoms with Gasteiger partial charge in [-0.05, 0) is 49.1 Å². The van der Waals surface area contributed by atoms with Gasteiger partial charge >= 0.3 is 0 Å². The number of thiophene rings is 1. The van der Waals surface area contributed by atoms with Crippen LogP contribution in [0.1, 0.15) is 17.0 Å². The zero-order valence-electron chi connectivity index (χ0n) is 14.8. The van der Waals surface area contributed by atoms with E-state index in [1.807, 2.05) is 68.6 Å². The molecule has 1 N–H and O–H groups in total. The first-order valence-corrected chi connectivity index (χ1v) is 8.90. The number of aryl methyl sites for hydroxylation is 2. The maximum atomic E-state index is 12.4. The summed E-state index contributed by atoms with van der Waals surface area (Å²) in [5.41, 5.74) is 3.70. The van der Waals surface area contributed by atoms with Crippen molar-refractivity contribution in [2.75, 3.05) is 24.3 Å². The summed E-state index contributed by atoms with van der Waals surface area (Å²) < 4.78 is 5.69. The molecule has 1 aromatic carbocycles. The third kappa shape index (κ3) is 3.91. The number of aromatic nitrogens is 1. The molecular weight excluding hydrogens is 334 g/mol. The molecule has 0 unspecified atom stereocenters. The second-order valence-corrected chi connectivity index (χ2v) is 7.07. The van der Waals surface area contributed by atoms with Crippen LogP contribution in [0.25, 0.3) is 10.8 Å². The highest BCUT2D eigenvalue weighted by atomic mass is 32.1. The van der Waals surface area contributed by atoms with Crippen LogP contribution in [0.4, 0.5) is 11.4 Å². The Morgan fingerprint density at radius 2 is 2.08 bits per heavy atom. The molecule has 2 aromatic heterocycles. The third-order valence-electron chi connectivity index (χ3n) is 3.91. The lowest BCUT2D eigenvalue weighted by Gasteiger charge is -2.16.